The Morgan fingerprint density at radius 2 is 1.38 bits per heavy atom. The number of aromatic nitrogens is 4. The summed E-state index contributed by atoms with van der Waals surface area (Å²) in [4.78, 5) is 12.4. The van der Waals surface area contributed by atoms with E-state index in [0.29, 0.717) is 11.5 Å². The van der Waals surface area contributed by atoms with E-state index in [1.165, 1.54) is 77.0 Å². The summed E-state index contributed by atoms with van der Waals surface area (Å²) in [5.74, 6) is 0.409. The molecule has 0 spiro atoms. The molecule has 2 heterocycles. The molecule has 0 atom stereocenters. The first-order chi connectivity index (χ1) is 12.7. The number of anilines is 1. The second-order valence-electron chi connectivity index (χ2n) is 7.23. The van der Waals surface area contributed by atoms with Crippen LogP contribution in [0.3, 0.4) is 0 Å². The van der Waals surface area contributed by atoms with Gasteiger partial charge in [-0.25, -0.2) is 4.98 Å². The van der Waals surface area contributed by atoms with Crippen LogP contribution in [0.4, 0.5) is 5.82 Å². The maximum atomic E-state index is 5.95. The van der Waals surface area contributed by atoms with Crippen molar-refractivity contribution in [2.75, 3.05) is 5.73 Å². The summed E-state index contributed by atoms with van der Waals surface area (Å²) in [6.07, 6.45) is 19.4. The Kier molecular flexibility index (Phi) is 9.75. The molecular formula is C20H34ClN5. The largest absolute Gasteiger partial charge is 0.382 e. The fraction of sp³-hybridized carbons (Fsp3) is 0.750. The number of hydrogen-bond acceptors (Lipinski definition) is 4. The quantitative estimate of drug-likeness (QED) is 0.315. The summed E-state index contributed by atoms with van der Waals surface area (Å²) in [6.45, 7) is 3.18. The molecule has 0 aliphatic carbocycles. The second-order valence-corrected chi connectivity index (χ2v) is 7.57. The van der Waals surface area contributed by atoms with Gasteiger partial charge in [0.15, 0.2) is 11.5 Å². The van der Waals surface area contributed by atoms with E-state index in [-0.39, 0.29) is 5.28 Å². The number of nitrogens with two attached hydrogens (primary N) is 1. The summed E-state index contributed by atoms with van der Waals surface area (Å²) < 4.78 is 2.04. The van der Waals surface area contributed by atoms with Crippen molar-refractivity contribution in [3.63, 3.8) is 0 Å². The van der Waals surface area contributed by atoms with Crippen molar-refractivity contribution in [2.24, 2.45) is 0 Å². The van der Waals surface area contributed by atoms with Crippen LogP contribution in [0.2, 0.25) is 5.28 Å². The molecule has 0 amide bonds. The number of hydrogen-bond donors (Lipinski definition) is 1. The van der Waals surface area contributed by atoms with Crippen LogP contribution < -0.4 is 5.73 Å². The van der Waals surface area contributed by atoms with Crippen molar-refractivity contribution in [1.82, 2.24) is 19.5 Å². The van der Waals surface area contributed by atoms with Gasteiger partial charge in [0.05, 0.1) is 6.33 Å². The zero-order valence-electron chi connectivity index (χ0n) is 16.2. The van der Waals surface area contributed by atoms with Gasteiger partial charge in [0, 0.05) is 6.54 Å². The lowest BCUT2D eigenvalue weighted by atomic mass is 10.0. The minimum atomic E-state index is 0.154. The van der Waals surface area contributed by atoms with Gasteiger partial charge in [-0.05, 0) is 18.0 Å². The highest BCUT2D eigenvalue weighted by Crippen LogP contribution is 2.19. The lowest BCUT2D eigenvalue weighted by Gasteiger charge is -2.06. The zero-order valence-corrected chi connectivity index (χ0v) is 17.0. The molecule has 0 aromatic carbocycles. The first-order valence-corrected chi connectivity index (χ1v) is 10.7. The fourth-order valence-corrected chi connectivity index (χ4v) is 3.62. The third-order valence-corrected chi connectivity index (χ3v) is 5.14. The van der Waals surface area contributed by atoms with E-state index in [9.17, 15) is 0 Å². The Hall–Kier alpha value is -1.36. The molecule has 0 aliphatic rings. The Balaban J connectivity index is 1.50. The summed E-state index contributed by atoms with van der Waals surface area (Å²) in [6, 6.07) is 0. The van der Waals surface area contributed by atoms with Gasteiger partial charge in [0.1, 0.15) is 5.52 Å². The monoisotopic (exact) mass is 379 g/mol. The topological polar surface area (TPSA) is 69.6 Å². The van der Waals surface area contributed by atoms with Crippen molar-refractivity contribution < 1.29 is 0 Å². The summed E-state index contributed by atoms with van der Waals surface area (Å²) in [7, 11) is 0. The van der Waals surface area contributed by atoms with E-state index in [4.69, 9.17) is 17.3 Å². The maximum Gasteiger partial charge on any atom is 0.226 e. The molecule has 2 aromatic heterocycles. The standard InChI is InChI=1S/C20H34ClN5/c1-2-3-4-5-6-7-8-9-10-11-12-13-14-15-26-16-23-19-17(26)18(22)24-20(21)25-19/h16H,2-15H2,1H3,(H2,22,24,25). The van der Waals surface area contributed by atoms with Crippen molar-refractivity contribution in [3.05, 3.63) is 11.6 Å². The van der Waals surface area contributed by atoms with Crippen LogP contribution in [-0.2, 0) is 6.54 Å². The van der Waals surface area contributed by atoms with Gasteiger partial charge < -0.3 is 10.3 Å². The number of rotatable bonds is 14. The molecule has 0 saturated carbocycles. The molecule has 146 valence electrons. The first-order valence-electron chi connectivity index (χ1n) is 10.4. The molecule has 26 heavy (non-hydrogen) atoms. The Labute approximate surface area is 162 Å². The van der Waals surface area contributed by atoms with Crippen molar-refractivity contribution in [3.8, 4) is 0 Å². The molecule has 0 saturated heterocycles. The Bertz CT molecular complexity index is 640. The predicted molar refractivity (Wildman–Crippen MR) is 110 cm³/mol. The molecule has 5 nitrogen and oxygen atoms in total. The van der Waals surface area contributed by atoms with Gasteiger partial charge in [0.2, 0.25) is 5.28 Å². The van der Waals surface area contributed by atoms with Crippen LogP contribution in [-0.4, -0.2) is 19.5 Å². The number of unbranched alkanes of at least 4 members (excludes halogenated alkanes) is 12. The van der Waals surface area contributed by atoms with E-state index in [1.807, 2.05) is 4.57 Å². The highest BCUT2D eigenvalue weighted by molar-refractivity contribution is 6.28. The van der Waals surface area contributed by atoms with E-state index < -0.39 is 0 Å². The van der Waals surface area contributed by atoms with Crippen LogP contribution >= 0.6 is 11.6 Å². The van der Waals surface area contributed by atoms with Gasteiger partial charge in [-0.3, -0.25) is 0 Å². The van der Waals surface area contributed by atoms with Crippen LogP contribution in [0, 0.1) is 0 Å². The van der Waals surface area contributed by atoms with Gasteiger partial charge in [0.25, 0.3) is 0 Å². The number of imidazole rings is 1. The minimum absolute atomic E-state index is 0.154. The van der Waals surface area contributed by atoms with Crippen molar-refractivity contribution in [2.45, 2.75) is 96.9 Å². The van der Waals surface area contributed by atoms with E-state index >= 15 is 0 Å². The molecule has 0 aliphatic heterocycles. The summed E-state index contributed by atoms with van der Waals surface area (Å²) >= 11 is 5.82. The molecule has 2 N–H and O–H groups in total. The third-order valence-electron chi connectivity index (χ3n) is 4.97. The predicted octanol–water partition coefficient (Wildman–Crippen LogP) is 6.15. The Morgan fingerprint density at radius 3 is 1.96 bits per heavy atom. The number of nitrogens with zero attached hydrogens (tertiary/aromatic N) is 4. The smallest absolute Gasteiger partial charge is 0.226 e. The van der Waals surface area contributed by atoms with Gasteiger partial charge in [-0.15, -0.1) is 0 Å². The molecule has 2 rings (SSSR count). The zero-order chi connectivity index (χ0) is 18.6. The Morgan fingerprint density at radius 1 is 0.846 bits per heavy atom. The molecule has 0 bridgehead atoms. The highest BCUT2D eigenvalue weighted by Gasteiger charge is 2.10. The molecular weight excluding hydrogens is 346 g/mol. The second kappa shape index (κ2) is 12.1. The van der Waals surface area contributed by atoms with Gasteiger partial charge in [-0.2, -0.15) is 9.97 Å². The number of fused-ring (bicyclic) bond motifs is 1. The maximum absolute atomic E-state index is 5.95. The lowest BCUT2D eigenvalue weighted by Crippen LogP contribution is -2.01. The van der Waals surface area contributed by atoms with Crippen molar-refractivity contribution in [1.29, 1.82) is 0 Å². The average molecular weight is 380 g/mol. The average Bonchev–Trinajstić information content (AvgIpc) is 3.02. The number of halogens is 1. The molecule has 2 aromatic rings. The third kappa shape index (κ3) is 7.10. The molecule has 6 heteroatoms. The normalized spacial score (nSPS) is 11.5. The van der Waals surface area contributed by atoms with Crippen LogP contribution in [0.15, 0.2) is 6.33 Å². The number of nitrogen functional groups attached to an aromatic ring is 1. The highest BCUT2D eigenvalue weighted by atomic mass is 35.5. The van der Waals surface area contributed by atoms with Gasteiger partial charge >= 0.3 is 0 Å². The van der Waals surface area contributed by atoms with Crippen LogP contribution in [0.5, 0.6) is 0 Å². The fourth-order valence-electron chi connectivity index (χ4n) is 3.45. The SMILES string of the molecule is CCCCCCCCCCCCCCCn1cnc2nc(Cl)nc(N)c21. The molecule has 0 unspecified atom stereocenters. The molecule has 0 fully saturated rings. The lowest BCUT2D eigenvalue weighted by molar-refractivity contribution is 0.528. The van der Waals surface area contributed by atoms with E-state index in [0.717, 1.165) is 18.5 Å². The first kappa shape index (κ1) is 20.9. The van der Waals surface area contributed by atoms with Gasteiger partial charge in [-0.1, -0.05) is 84.0 Å². The molecule has 0 radical (unpaired) electrons. The number of aryl methyl sites for hydroxylation is 1. The summed E-state index contributed by atoms with van der Waals surface area (Å²) in [5, 5.41) is 0.154. The minimum Gasteiger partial charge on any atom is -0.382 e. The van der Waals surface area contributed by atoms with Crippen LogP contribution in [0.25, 0.3) is 11.2 Å². The van der Waals surface area contributed by atoms with Crippen LogP contribution in [0.1, 0.15) is 90.4 Å². The summed E-state index contributed by atoms with van der Waals surface area (Å²) in [5.41, 5.74) is 7.33. The van der Waals surface area contributed by atoms with E-state index in [2.05, 4.69) is 21.9 Å². The van der Waals surface area contributed by atoms with E-state index in [1.54, 1.807) is 6.33 Å². The van der Waals surface area contributed by atoms with Crippen molar-refractivity contribution >= 4 is 28.6 Å².